The maximum absolute atomic E-state index is 12.7. The Balaban J connectivity index is 2.27. The molecule has 0 amide bonds. The predicted octanol–water partition coefficient (Wildman–Crippen LogP) is 1.78. The fourth-order valence-corrected chi connectivity index (χ4v) is 1.63. The van der Waals surface area contributed by atoms with Gasteiger partial charge in [-0.15, -0.1) is 0 Å². The van der Waals surface area contributed by atoms with Gasteiger partial charge in [0.15, 0.2) is 5.78 Å². The van der Waals surface area contributed by atoms with E-state index in [-0.39, 0.29) is 17.8 Å². The molecule has 2 aromatic rings. The van der Waals surface area contributed by atoms with Crippen LogP contribution in [0.2, 0.25) is 0 Å². The lowest BCUT2D eigenvalue weighted by Crippen LogP contribution is -2.23. The Morgan fingerprint density at radius 2 is 1.85 bits per heavy atom. The summed E-state index contributed by atoms with van der Waals surface area (Å²) in [6.45, 7) is -0.341. The van der Waals surface area contributed by atoms with Crippen LogP contribution in [0.1, 0.15) is 10.4 Å². The lowest BCUT2D eigenvalue weighted by Gasteiger charge is -2.04. The topological polar surface area (TPSA) is 82.2 Å². The van der Waals surface area contributed by atoms with Crippen LogP contribution in [-0.2, 0) is 6.54 Å². The summed E-state index contributed by atoms with van der Waals surface area (Å²) in [7, 11) is 0. The van der Waals surface area contributed by atoms with Crippen molar-refractivity contribution < 1.29 is 14.1 Å². The molecule has 0 fully saturated rings. The smallest absolute Gasteiger partial charge is 0.285 e. The molecule has 0 saturated heterocycles. The van der Waals surface area contributed by atoms with E-state index in [1.54, 1.807) is 0 Å². The van der Waals surface area contributed by atoms with Crippen LogP contribution in [0.3, 0.4) is 0 Å². The van der Waals surface area contributed by atoms with Gasteiger partial charge in [-0.25, -0.2) is 4.39 Å². The van der Waals surface area contributed by atoms with E-state index >= 15 is 0 Å². The summed E-state index contributed by atoms with van der Waals surface area (Å²) in [6, 6.07) is 6.93. The van der Waals surface area contributed by atoms with Crippen molar-refractivity contribution in [2.45, 2.75) is 6.54 Å². The second-order valence-electron chi connectivity index (χ2n) is 4.04. The normalized spacial score (nSPS) is 10.2. The van der Waals surface area contributed by atoms with Crippen molar-refractivity contribution in [2.24, 2.45) is 0 Å². The van der Waals surface area contributed by atoms with Gasteiger partial charge < -0.3 is 4.57 Å². The molecule has 2 rings (SSSR count). The molecule has 0 aliphatic heterocycles. The number of aromatic nitrogens is 1. The highest BCUT2D eigenvalue weighted by molar-refractivity contribution is 5.95. The molecule has 1 heterocycles. The van der Waals surface area contributed by atoms with E-state index in [0.29, 0.717) is 0 Å². The van der Waals surface area contributed by atoms with Gasteiger partial charge in [0.2, 0.25) is 0 Å². The Bertz CT molecular complexity index is 722. The van der Waals surface area contributed by atoms with E-state index in [9.17, 15) is 24.1 Å². The molecule has 0 spiro atoms. The van der Waals surface area contributed by atoms with E-state index in [1.807, 2.05) is 0 Å². The molecule has 6 nitrogen and oxygen atoms in total. The number of Topliss-reactive ketones (excluding diaryl/α,β-unsaturated/α-hetero) is 1. The van der Waals surface area contributed by atoms with Crippen molar-refractivity contribution in [3.05, 3.63) is 74.4 Å². The summed E-state index contributed by atoms with van der Waals surface area (Å²) in [5.41, 5.74) is -0.577. The Morgan fingerprint density at radius 3 is 2.45 bits per heavy atom. The first-order valence-corrected chi connectivity index (χ1v) is 5.61. The summed E-state index contributed by atoms with van der Waals surface area (Å²) in [5.74, 6) is -0.915. The standard InChI is InChI=1S/C13H9FN2O4/c14-10-3-1-9(2-4-10)12(17)8-15-7-11(16(19)20)5-6-13(15)18/h1-7H,8H2. The predicted molar refractivity (Wildman–Crippen MR) is 68.1 cm³/mol. The number of halogens is 1. The molecular formula is C13H9FN2O4. The van der Waals surface area contributed by atoms with Gasteiger partial charge in [0.1, 0.15) is 5.82 Å². The minimum atomic E-state index is -0.654. The zero-order valence-electron chi connectivity index (χ0n) is 10.2. The maximum Gasteiger partial charge on any atom is 0.285 e. The van der Waals surface area contributed by atoms with Gasteiger partial charge in [-0.2, -0.15) is 0 Å². The third kappa shape index (κ3) is 2.94. The van der Waals surface area contributed by atoms with Gasteiger partial charge in [0.25, 0.3) is 11.2 Å². The Labute approximate surface area is 112 Å². The molecule has 0 aliphatic rings. The van der Waals surface area contributed by atoms with Crippen LogP contribution in [0.4, 0.5) is 10.1 Å². The molecular weight excluding hydrogens is 267 g/mol. The quantitative estimate of drug-likeness (QED) is 0.484. The Kier molecular flexibility index (Phi) is 3.69. The van der Waals surface area contributed by atoms with E-state index in [0.717, 1.165) is 35.0 Å². The summed E-state index contributed by atoms with van der Waals surface area (Å²) < 4.78 is 13.7. The molecule has 7 heteroatoms. The lowest BCUT2D eigenvalue weighted by molar-refractivity contribution is -0.385. The van der Waals surface area contributed by atoms with E-state index in [4.69, 9.17) is 0 Å². The molecule has 1 aromatic carbocycles. The van der Waals surface area contributed by atoms with Crippen molar-refractivity contribution >= 4 is 11.5 Å². The number of pyridine rings is 1. The van der Waals surface area contributed by atoms with Crippen LogP contribution < -0.4 is 5.56 Å². The molecule has 0 radical (unpaired) electrons. The monoisotopic (exact) mass is 276 g/mol. The Morgan fingerprint density at radius 1 is 1.20 bits per heavy atom. The number of benzene rings is 1. The zero-order chi connectivity index (χ0) is 14.7. The number of carbonyl (C=O) groups is 1. The number of carbonyl (C=O) groups excluding carboxylic acids is 1. The first-order valence-electron chi connectivity index (χ1n) is 5.61. The van der Waals surface area contributed by atoms with Crippen molar-refractivity contribution in [3.63, 3.8) is 0 Å². The fraction of sp³-hybridized carbons (Fsp3) is 0.0769. The number of nitro groups is 1. The molecule has 20 heavy (non-hydrogen) atoms. The summed E-state index contributed by atoms with van der Waals surface area (Å²) in [5, 5.41) is 10.6. The average Bonchev–Trinajstić information content (AvgIpc) is 2.41. The third-order valence-electron chi connectivity index (χ3n) is 2.66. The number of ketones is 1. The summed E-state index contributed by atoms with van der Waals surface area (Å²) in [4.78, 5) is 33.4. The molecule has 0 aliphatic carbocycles. The summed E-state index contributed by atoms with van der Waals surface area (Å²) >= 11 is 0. The van der Waals surface area contributed by atoms with E-state index < -0.39 is 22.1 Å². The highest BCUT2D eigenvalue weighted by Crippen LogP contribution is 2.08. The first-order chi connectivity index (χ1) is 9.47. The largest absolute Gasteiger partial charge is 0.301 e. The van der Waals surface area contributed by atoms with Crippen LogP contribution in [-0.4, -0.2) is 15.3 Å². The molecule has 102 valence electrons. The number of hydrogen-bond acceptors (Lipinski definition) is 4. The summed E-state index contributed by atoms with van der Waals surface area (Å²) in [6.07, 6.45) is 1.00. The van der Waals surface area contributed by atoms with Crippen LogP contribution >= 0.6 is 0 Å². The number of hydrogen-bond donors (Lipinski definition) is 0. The maximum atomic E-state index is 12.7. The molecule has 1 aromatic heterocycles. The highest BCUT2D eigenvalue weighted by Gasteiger charge is 2.12. The fourth-order valence-electron chi connectivity index (χ4n) is 1.63. The van der Waals surface area contributed by atoms with E-state index in [2.05, 4.69) is 0 Å². The SMILES string of the molecule is O=C(Cn1cc([N+](=O)[O-])ccc1=O)c1ccc(F)cc1. The number of nitrogens with zero attached hydrogens (tertiary/aromatic N) is 2. The van der Waals surface area contributed by atoms with Crippen molar-refractivity contribution in [3.8, 4) is 0 Å². The van der Waals surface area contributed by atoms with Gasteiger partial charge in [-0.3, -0.25) is 19.7 Å². The van der Waals surface area contributed by atoms with Crippen LogP contribution in [0.5, 0.6) is 0 Å². The van der Waals surface area contributed by atoms with E-state index in [1.165, 1.54) is 12.1 Å². The highest BCUT2D eigenvalue weighted by atomic mass is 19.1. The lowest BCUT2D eigenvalue weighted by atomic mass is 10.1. The van der Waals surface area contributed by atoms with Crippen LogP contribution in [0.25, 0.3) is 0 Å². The molecule has 0 bridgehead atoms. The second-order valence-corrected chi connectivity index (χ2v) is 4.04. The van der Waals surface area contributed by atoms with Gasteiger partial charge in [0.05, 0.1) is 17.7 Å². The van der Waals surface area contributed by atoms with Gasteiger partial charge in [-0.1, -0.05) is 0 Å². The van der Waals surface area contributed by atoms with Gasteiger partial charge in [0, 0.05) is 17.7 Å². The number of rotatable bonds is 4. The Hall–Kier alpha value is -2.83. The first kappa shape index (κ1) is 13.6. The van der Waals surface area contributed by atoms with Crippen molar-refractivity contribution in [2.75, 3.05) is 0 Å². The average molecular weight is 276 g/mol. The zero-order valence-corrected chi connectivity index (χ0v) is 10.2. The van der Waals surface area contributed by atoms with Crippen LogP contribution in [0, 0.1) is 15.9 Å². The molecule has 0 unspecified atom stereocenters. The molecule has 0 saturated carbocycles. The van der Waals surface area contributed by atoms with Gasteiger partial charge >= 0.3 is 0 Å². The van der Waals surface area contributed by atoms with Crippen molar-refractivity contribution in [1.29, 1.82) is 0 Å². The van der Waals surface area contributed by atoms with Crippen molar-refractivity contribution in [1.82, 2.24) is 4.57 Å². The third-order valence-corrected chi connectivity index (χ3v) is 2.66. The minimum Gasteiger partial charge on any atom is -0.301 e. The molecule has 0 N–H and O–H groups in total. The molecule has 0 atom stereocenters. The second kappa shape index (κ2) is 5.43. The van der Waals surface area contributed by atoms with Gasteiger partial charge in [-0.05, 0) is 24.3 Å². The minimum absolute atomic E-state index is 0.227. The van der Waals surface area contributed by atoms with Crippen LogP contribution in [0.15, 0.2) is 47.4 Å².